The molecule has 0 radical (unpaired) electrons. The van der Waals surface area contributed by atoms with Gasteiger partial charge in [0.05, 0.1) is 5.51 Å². The number of benzene rings is 1. The van der Waals surface area contributed by atoms with Crippen molar-refractivity contribution < 1.29 is 9.59 Å². The van der Waals surface area contributed by atoms with Crippen LogP contribution in [0.1, 0.15) is 23.0 Å². The third-order valence-corrected chi connectivity index (χ3v) is 5.15. The number of carbonyl (C=O) groups excluding carboxylic acids is 2. The van der Waals surface area contributed by atoms with Crippen LogP contribution in [0, 0.1) is 0 Å². The maximum atomic E-state index is 12.8. The third-order valence-electron chi connectivity index (χ3n) is 3.94. The minimum atomic E-state index is -0.453. The molecule has 1 aromatic heterocycles. The van der Waals surface area contributed by atoms with Crippen LogP contribution in [0.4, 0.5) is 5.69 Å². The molecule has 2 aromatic rings. The second kappa shape index (κ2) is 6.68. The molecule has 0 aliphatic carbocycles. The molecule has 23 heavy (non-hydrogen) atoms. The van der Waals surface area contributed by atoms with Gasteiger partial charge in [-0.1, -0.05) is 29.8 Å². The first kappa shape index (κ1) is 16.0. The third kappa shape index (κ3) is 2.96. The fraction of sp³-hybridized carbons (Fsp3) is 0.312. The Morgan fingerprint density at radius 2 is 2.17 bits per heavy atom. The van der Waals surface area contributed by atoms with Crippen LogP contribution in [-0.4, -0.2) is 40.8 Å². The molecule has 1 aromatic carbocycles. The molecule has 0 unspecified atom stereocenters. The summed E-state index contributed by atoms with van der Waals surface area (Å²) in [4.78, 5) is 33.0. The van der Waals surface area contributed by atoms with Gasteiger partial charge < -0.3 is 9.80 Å². The fourth-order valence-corrected chi connectivity index (χ4v) is 3.78. The van der Waals surface area contributed by atoms with Gasteiger partial charge in [-0.15, -0.1) is 11.3 Å². The molecule has 1 aliphatic rings. The lowest BCUT2D eigenvalue weighted by atomic mass is 10.2. The zero-order chi connectivity index (χ0) is 16.4. The lowest BCUT2D eigenvalue weighted by molar-refractivity contribution is -0.120. The van der Waals surface area contributed by atoms with Crippen LogP contribution < -0.4 is 4.90 Å². The monoisotopic (exact) mass is 349 g/mol. The van der Waals surface area contributed by atoms with E-state index in [1.54, 1.807) is 9.80 Å². The number of carbonyl (C=O) groups is 2. The van der Waals surface area contributed by atoms with Crippen molar-refractivity contribution in [3.8, 4) is 0 Å². The second-order valence-corrected chi connectivity index (χ2v) is 6.41. The van der Waals surface area contributed by atoms with Crippen LogP contribution in [0.5, 0.6) is 0 Å². The average molecular weight is 350 g/mol. The van der Waals surface area contributed by atoms with E-state index in [0.717, 1.165) is 5.69 Å². The number of anilines is 1. The largest absolute Gasteiger partial charge is 0.326 e. The number of para-hydroxylation sites is 1. The second-order valence-electron chi connectivity index (χ2n) is 5.19. The Morgan fingerprint density at radius 3 is 2.78 bits per heavy atom. The highest BCUT2D eigenvalue weighted by molar-refractivity contribution is 7.12. The molecule has 7 heteroatoms. The van der Waals surface area contributed by atoms with Gasteiger partial charge in [0, 0.05) is 18.8 Å². The summed E-state index contributed by atoms with van der Waals surface area (Å²) in [6.07, 6.45) is 0.615. The topological polar surface area (TPSA) is 53.5 Å². The number of thiazole rings is 1. The van der Waals surface area contributed by atoms with Gasteiger partial charge in [-0.25, -0.2) is 4.98 Å². The molecule has 3 rings (SSSR count). The van der Waals surface area contributed by atoms with Crippen LogP contribution in [-0.2, 0) is 4.79 Å². The Labute approximate surface area is 143 Å². The van der Waals surface area contributed by atoms with E-state index in [1.807, 2.05) is 37.3 Å². The molecule has 120 valence electrons. The molecule has 1 fully saturated rings. The van der Waals surface area contributed by atoms with Crippen molar-refractivity contribution in [2.24, 2.45) is 0 Å². The first-order valence-electron chi connectivity index (χ1n) is 7.40. The van der Waals surface area contributed by atoms with E-state index in [0.29, 0.717) is 24.4 Å². The number of likely N-dealkylation sites (N-methyl/N-ethyl adjacent to an activating group) is 1. The Hall–Kier alpha value is -1.92. The minimum absolute atomic E-state index is 0.0490. The van der Waals surface area contributed by atoms with E-state index in [4.69, 9.17) is 11.6 Å². The van der Waals surface area contributed by atoms with Crippen LogP contribution >= 0.6 is 22.9 Å². The number of hydrogen-bond acceptors (Lipinski definition) is 4. The summed E-state index contributed by atoms with van der Waals surface area (Å²) in [6.45, 7) is 2.92. The number of nitrogens with zero attached hydrogens (tertiary/aromatic N) is 3. The Balaban J connectivity index is 1.82. The predicted octanol–water partition coefficient (Wildman–Crippen LogP) is 3.06. The first-order valence-corrected chi connectivity index (χ1v) is 8.65. The molecule has 0 bridgehead atoms. The molecule has 2 heterocycles. The van der Waals surface area contributed by atoms with Gasteiger partial charge in [-0.2, -0.15) is 0 Å². The first-order chi connectivity index (χ1) is 11.1. The van der Waals surface area contributed by atoms with Crippen molar-refractivity contribution in [1.29, 1.82) is 0 Å². The Morgan fingerprint density at radius 1 is 1.43 bits per heavy atom. The number of aromatic nitrogens is 1. The van der Waals surface area contributed by atoms with Gasteiger partial charge in [0.1, 0.15) is 10.9 Å². The lowest BCUT2D eigenvalue weighted by Gasteiger charge is -2.26. The minimum Gasteiger partial charge on any atom is -0.326 e. The van der Waals surface area contributed by atoms with Crippen molar-refractivity contribution >= 4 is 40.4 Å². The summed E-state index contributed by atoms with van der Waals surface area (Å²) < 4.78 is 0. The molecule has 2 amide bonds. The van der Waals surface area contributed by atoms with Gasteiger partial charge in [0.15, 0.2) is 5.15 Å². The maximum absolute atomic E-state index is 12.8. The zero-order valence-electron chi connectivity index (χ0n) is 12.6. The molecule has 1 atom stereocenters. The smallest absolute Gasteiger partial charge is 0.267 e. The van der Waals surface area contributed by atoms with E-state index in [2.05, 4.69) is 4.98 Å². The molecule has 5 nitrogen and oxygen atoms in total. The molecule has 1 aliphatic heterocycles. The van der Waals surface area contributed by atoms with Gasteiger partial charge >= 0.3 is 0 Å². The molecule has 0 N–H and O–H groups in total. The van der Waals surface area contributed by atoms with Gasteiger partial charge in [-0.3, -0.25) is 9.59 Å². The maximum Gasteiger partial charge on any atom is 0.267 e. The molecule has 1 saturated heterocycles. The summed E-state index contributed by atoms with van der Waals surface area (Å²) in [5.74, 6) is -0.278. The molecular formula is C16H16ClN3O2S. The van der Waals surface area contributed by atoms with E-state index in [-0.39, 0.29) is 17.0 Å². The lowest BCUT2D eigenvalue weighted by Crippen LogP contribution is -2.45. The van der Waals surface area contributed by atoms with Crippen LogP contribution in [0.3, 0.4) is 0 Å². The standard InChI is InChI=1S/C16H16ClN3O2S/c1-2-19(16(22)13-14(17)18-10-23-13)12-8-9-20(15(12)21)11-6-4-3-5-7-11/h3-7,10,12H,2,8-9H2,1H3/t12-/m0/s1. The Kier molecular flexibility index (Phi) is 4.63. The highest BCUT2D eigenvalue weighted by atomic mass is 35.5. The van der Waals surface area contributed by atoms with Crippen LogP contribution in [0.25, 0.3) is 0 Å². The van der Waals surface area contributed by atoms with Crippen molar-refractivity contribution in [2.45, 2.75) is 19.4 Å². The highest BCUT2D eigenvalue weighted by Crippen LogP contribution is 2.27. The highest BCUT2D eigenvalue weighted by Gasteiger charge is 2.39. The normalized spacial score (nSPS) is 17.6. The Bertz CT molecular complexity index is 719. The number of rotatable bonds is 4. The number of halogens is 1. The van der Waals surface area contributed by atoms with Crippen LogP contribution in [0.15, 0.2) is 35.8 Å². The van der Waals surface area contributed by atoms with E-state index in [9.17, 15) is 9.59 Å². The average Bonchev–Trinajstić information content (AvgIpc) is 3.15. The quantitative estimate of drug-likeness (QED) is 0.852. The molecular weight excluding hydrogens is 334 g/mol. The van der Waals surface area contributed by atoms with Gasteiger partial charge in [-0.05, 0) is 25.5 Å². The van der Waals surface area contributed by atoms with Gasteiger partial charge in [0.25, 0.3) is 5.91 Å². The molecule has 0 saturated carbocycles. The van der Waals surface area contributed by atoms with Crippen molar-refractivity contribution in [1.82, 2.24) is 9.88 Å². The van der Waals surface area contributed by atoms with E-state index in [1.165, 1.54) is 16.8 Å². The SMILES string of the molecule is CCN(C(=O)c1scnc1Cl)[C@H]1CCN(c2ccccc2)C1=O. The summed E-state index contributed by atoms with van der Waals surface area (Å²) in [5.41, 5.74) is 2.40. The van der Waals surface area contributed by atoms with E-state index < -0.39 is 6.04 Å². The summed E-state index contributed by atoms with van der Waals surface area (Å²) in [5, 5.41) is 0.198. The predicted molar refractivity (Wildman–Crippen MR) is 91.0 cm³/mol. The fourth-order valence-electron chi connectivity index (χ4n) is 2.83. The summed E-state index contributed by atoms with van der Waals surface area (Å²) >= 11 is 7.16. The number of amides is 2. The number of hydrogen-bond donors (Lipinski definition) is 0. The van der Waals surface area contributed by atoms with Crippen molar-refractivity contribution in [3.63, 3.8) is 0 Å². The summed E-state index contributed by atoms with van der Waals surface area (Å²) in [7, 11) is 0. The zero-order valence-corrected chi connectivity index (χ0v) is 14.2. The van der Waals surface area contributed by atoms with E-state index >= 15 is 0 Å². The van der Waals surface area contributed by atoms with Crippen LogP contribution in [0.2, 0.25) is 5.15 Å². The van der Waals surface area contributed by atoms with Gasteiger partial charge in [0.2, 0.25) is 5.91 Å². The summed E-state index contributed by atoms with van der Waals surface area (Å²) in [6, 6.07) is 9.06. The molecule has 0 spiro atoms. The van der Waals surface area contributed by atoms with Crippen molar-refractivity contribution in [2.75, 3.05) is 18.0 Å². The van der Waals surface area contributed by atoms with Crippen molar-refractivity contribution in [3.05, 3.63) is 45.9 Å².